The molecule has 2 aliphatic heterocycles. The van der Waals surface area contributed by atoms with E-state index >= 15 is 0 Å². The summed E-state index contributed by atoms with van der Waals surface area (Å²) in [4.78, 5) is 18.2. The first-order valence-corrected chi connectivity index (χ1v) is 10.6. The molecule has 31 heavy (non-hydrogen) atoms. The van der Waals surface area contributed by atoms with Crippen LogP contribution in [0.2, 0.25) is 0 Å². The highest BCUT2D eigenvalue weighted by molar-refractivity contribution is 5.79. The van der Waals surface area contributed by atoms with Crippen LogP contribution in [0.1, 0.15) is 24.1 Å². The second-order valence-corrected chi connectivity index (χ2v) is 8.42. The molecule has 1 aromatic heterocycles. The lowest BCUT2D eigenvalue weighted by Crippen LogP contribution is -2.60. The molecule has 2 saturated heterocycles. The Morgan fingerprint density at radius 2 is 1.94 bits per heavy atom. The number of hydrogen-bond donors (Lipinski definition) is 2. The fourth-order valence-electron chi connectivity index (χ4n) is 4.46. The number of benzene rings is 1. The van der Waals surface area contributed by atoms with Crippen molar-refractivity contribution in [2.75, 3.05) is 26.3 Å². The van der Waals surface area contributed by atoms with Gasteiger partial charge in [0, 0.05) is 36.9 Å². The predicted octanol–water partition coefficient (Wildman–Crippen LogP) is 2.95. The van der Waals surface area contributed by atoms with Gasteiger partial charge in [0.2, 0.25) is 0 Å². The van der Waals surface area contributed by atoms with Crippen LogP contribution >= 0.6 is 0 Å². The normalized spacial score (nSPS) is 21.9. The zero-order chi connectivity index (χ0) is 21.8. The molecule has 0 saturated carbocycles. The highest BCUT2D eigenvalue weighted by atomic mass is 19.3. The molecule has 0 aliphatic carbocycles. The van der Waals surface area contributed by atoms with E-state index in [2.05, 4.69) is 21.3 Å². The van der Waals surface area contributed by atoms with Gasteiger partial charge < -0.3 is 10.6 Å². The van der Waals surface area contributed by atoms with Crippen molar-refractivity contribution >= 4 is 5.91 Å². The first kappa shape index (κ1) is 21.8. The number of carbonyl (C=O) groups excluding carboxylic acids is 1. The summed E-state index contributed by atoms with van der Waals surface area (Å²) in [5.41, 5.74) is 4.08. The van der Waals surface area contributed by atoms with E-state index in [4.69, 9.17) is 0 Å². The van der Waals surface area contributed by atoms with E-state index in [9.17, 15) is 18.0 Å². The Labute approximate surface area is 180 Å². The molecule has 3 heterocycles. The molecule has 166 valence electrons. The zero-order valence-corrected chi connectivity index (χ0v) is 17.3. The van der Waals surface area contributed by atoms with Gasteiger partial charge in [-0.3, -0.25) is 14.7 Å². The predicted molar refractivity (Wildman–Crippen MR) is 113 cm³/mol. The monoisotopic (exact) mass is 432 g/mol. The molecule has 0 radical (unpaired) electrons. The first-order valence-electron chi connectivity index (χ1n) is 10.6. The van der Waals surface area contributed by atoms with E-state index < -0.39 is 25.0 Å². The quantitative estimate of drug-likeness (QED) is 0.674. The van der Waals surface area contributed by atoms with E-state index in [1.807, 2.05) is 41.8 Å². The van der Waals surface area contributed by atoms with Crippen LogP contribution in [0.15, 0.2) is 42.6 Å². The van der Waals surface area contributed by atoms with Crippen molar-refractivity contribution in [1.29, 1.82) is 0 Å². The summed E-state index contributed by atoms with van der Waals surface area (Å²) in [6.07, 6.45) is 1.32. The Hall–Kier alpha value is -2.45. The number of carbonyl (C=O) groups is 1. The van der Waals surface area contributed by atoms with Gasteiger partial charge in [0.15, 0.2) is 0 Å². The summed E-state index contributed by atoms with van der Waals surface area (Å²) < 4.78 is 37.8. The van der Waals surface area contributed by atoms with Crippen LogP contribution < -0.4 is 10.6 Å². The third-order valence-corrected chi connectivity index (χ3v) is 6.42. The van der Waals surface area contributed by atoms with Crippen LogP contribution in [0.25, 0.3) is 11.1 Å². The summed E-state index contributed by atoms with van der Waals surface area (Å²) >= 11 is 0. The summed E-state index contributed by atoms with van der Waals surface area (Å²) in [5.74, 6) is -1.45. The van der Waals surface area contributed by atoms with Gasteiger partial charge in [-0.2, -0.15) is 8.78 Å². The summed E-state index contributed by atoms with van der Waals surface area (Å²) in [5, 5.41) is 5.49. The number of amides is 1. The number of alkyl halides is 3. The van der Waals surface area contributed by atoms with Crippen molar-refractivity contribution in [2.24, 2.45) is 0 Å². The largest absolute Gasteiger partial charge is 0.345 e. The molecule has 5 nitrogen and oxygen atoms in total. The lowest BCUT2D eigenvalue weighted by atomic mass is 9.83. The van der Waals surface area contributed by atoms with E-state index in [1.54, 1.807) is 0 Å². The molecule has 4 rings (SSSR count). The fourth-order valence-corrected chi connectivity index (χ4v) is 4.46. The van der Waals surface area contributed by atoms with Gasteiger partial charge in [0.25, 0.3) is 5.91 Å². The van der Waals surface area contributed by atoms with Crippen LogP contribution in [-0.2, 0) is 17.8 Å². The summed E-state index contributed by atoms with van der Waals surface area (Å²) in [6, 6.07) is 10.6. The number of nitrogens with zero attached hydrogens (tertiary/aromatic N) is 2. The number of halogens is 3. The van der Waals surface area contributed by atoms with Crippen LogP contribution in [0.4, 0.5) is 13.2 Å². The molecule has 0 bridgehead atoms. The molecule has 2 N–H and O–H groups in total. The van der Waals surface area contributed by atoms with E-state index in [1.165, 1.54) is 12.8 Å². The molecule has 1 aromatic carbocycles. The number of likely N-dealkylation sites (tertiary alicyclic amines) is 1. The molecule has 2 aromatic rings. The third kappa shape index (κ3) is 4.91. The number of hydrogen-bond acceptors (Lipinski definition) is 4. The Morgan fingerprint density at radius 3 is 2.48 bits per heavy atom. The van der Waals surface area contributed by atoms with Crippen molar-refractivity contribution in [2.45, 2.75) is 43.8 Å². The zero-order valence-electron chi connectivity index (χ0n) is 17.3. The van der Waals surface area contributed by atoms with Crippen LogP contribution in [-0.4, -0.2) is 60.1 Å². The maximum atomic E-state index is 13.1. The van der Waals surface area contributed by atoms with E-state index in [0.29, 0.717) is 5.54 Å². The van der Waals surface area contributed by atoms with Crippen LogP contribution in [0.5, 0.6) is 0 Å². The number of rotatable bonds is 8. The lowest BCUT2D eigenvalue weighted by molar-refractivity contribution is -0.132. The van der Waals surface area contributed by atoms with Crippen LogP contribution in [0, 0.1) is 0 Å². The minimum absolute atomic E-state index is 0.152. The van der Waals surface area contributed by atoms with Gasteiger partial charge in [-0.1, -0.05) is 30.3 Å². The fraction of sp³-hybridized carbons (Fsp3) is 0.478. The van der Waals surface area contributed by atoms with Crippen molar-refractivity contribution in [1.82, 2.24) is 20.5 Å². The van der Waals surface area contributed by atoms with Gasteiger partial charge >= 0.3 is 6.43 Å². The molecule has 2 aliphatic rings. The Bertz CT molecular complexity index is 883. The average Bonchev–Trinajstić information content (AvgIpc) is 3.30. The molecule has 2 atom stereocenters. The summed E-state index contributed by atoms with van der Waals surface area (Å²) in [6.45, 7) is 3.22. The maximum absolute atomic E-state index is 13.1. The van der Waals surface area contributed by atoms with E-state index in [0.717, 1.165) is 48.6 Å². The minimum atomic E-state index is -3.15. The highest BCUT2D eigenvalue weighted by Gasteiger charge is 2.46. The second kappa shape index (κ2) is 9.36. The van der Waals surface area contributed by atoms with Crippen LogP contribution in [0.3, 0.4) is 0 Å². The van der Waals surface area contributed by atoms with Crippen molar-refractivity contribution in [3.63, 3.8) is 0 Å². The SMILES string of the molecule is O=C(NC(CF)Cc1ccc(-c2ccc(CN3CCC34CCNC4)nc2)cc1)C(F)F. The van der Waals surface area contributed by atoms with E-state index in [-0.39, 0.29) is 6.42 Å². The van der Waals surface area contributed by atoms with Gasteiger partial charge in [-0.25, -0.2) is 4.39 Å². The molecule has 1 spiro atoms. The molecular weight excluding hydrogens is 405 g/mol. The van der Waals surface area contributed by atoms with Gasteiger partial charge in [-0.05, 0) is 43.0 Å². The molecule has 1 amide bonds. The Balaban J connectivity index is 1.35. The molecular formula is C23H27F3N4O. The van der Waals surface area contributed by atoms with Gasteiger partial charge in [0.1, 0.15) is 6.67 Å². The topological polar surface area (TPSA) is 57.3 Å². The third-order valence-electron chi connectivity index (χ3n) is 6.42. The highest BCUT2D eigenvalue weighted by Crippen LogP contribution is 2.36. The first-order chi connectivity index (χ1) is 15.0. The molecule has 2 unspecified atom stereocenters. The number of aromatic nitrogens is 1. The second-order valence-electron chi connectivity index (χ2n) is 8.42. The number of nitrogens with one attached hydrogen (secondary N) is 2. The standard InChI is InChI=1S/C23H27F3N4O/c24-12-20(29-22(31)21(25)26)11-16-1-3-17(4-2-16)18-5-6-19(28-13-18)14-30-10-8-23(30)7-9-27-15-23/h1-6,13,20-21,27H,7-12,14-15H2,(H,29,31). The van der Waals surface area contributed by atoms with Crippen molar-refractivity contribution < 1.29 is 18.0 Å². The van der Waals surface area contributed by atoms with Crippen molar-refractivity contribution in [3.8, 4) is 11.1 Å². The van der Waals surface area contributed by atoms with Gasteiger partial charge in [-0.15, -0.1) is 0 Å². The molecule has 2 fully saturated rings. The molecule has 8 heteroatoms. The number of pyridine rings is 1. The average molecular weight is 432 g/mol. The Kier molecular flexibility index (Phi) is 6.57. The Morgan fingerprint density at radius 1 is 1.16 bits per heavy atom. The summed E-state index contributed by atoms with van der Waals surface area (Å²) in [7, 11) is 0. The van der Waals surface area contributed by atoms with Gasteiger partial charge in [0.05, 0.1) is 11.7 Å². The maximum Gasteiger partial charge on any atom is 0.315 e. The van der Waals surface area contributed by atoms with Crippen molar-refractivity contribution in [3.05, 3.63) is 53.9 Å². The minimum Gasteiger partial charge on any atom is -0.345 e. The smallest absolute Gasteiger partial charge is 0.315 e. The lowest BCUT2D eigenvalue weighted by Gasteiger charge is -2.50.